The number of benzene rings is 2. The molecule has 0 spiro atoms. The zero-order chi connectivity index (χ0) is 28.1. The van der Waals surface area contributed by atoms with Gasteiger partial charge >= 0.3 is 0 Å². The van der Waals surface area contributed by atoms with Crippen LogP contribution in [0.2, 0.25) is 0 Å². The van der Waals surface area contributed by atoms with Crippen molar-refractivity contribution in [3.8, 4) is 11.5 Å². The molecule has 2 atom stereocenters. The van der Waals surface area contributed by atoms with Gasteiger partial charge in [-0.15, -0.1) is 0 Å². The number of hydrogen-bond acceptors (Lipinski definition) is 7. The largest absolute Gasteiger partial charge is 0.457 e. The van der Waals surface area contributed by atoms with Crippen molar-refractivity contribution >= 4 is 22.0 Å². The maximum atomic E-state index is 13.4. The van der Waals surface area contributed by atoms with Crippen LogP contribution in [-0.2, 0) is 42.3 Å². The van der Waals surface area contributed by atoms with Gasteiger partial charge in [0.15, 0.2) is 0 Å². The van der Waals surface area contributed by atoms with Crippen LogP contribution >= 0.6 is 0 Å². The lowest BCUT2D eigenvalue weighted by Crippen LogP contribution is -2.60. The summed E-state index contributed by atoms with van der Waals surface area (Å²) >= 11 is 0. The third-order valence-electron chi connectivity index (χ3n) is 7.40. The molecule has 0 unspecified atom stereocenters. The maximum absolute atomic E-state index is 13.4. The minimum absolute atomic E-state index is 0.0746. The molecule has 0 radical (unpaired) electrons. The Bertz CT molecular complexity index is 1320. The average Bonchev–Trinajstić information content (AvgIpc) is 2.95. The first kappa shape index (κ1) is 28.5. The summed E-state index contributed by atoms with van der Waals surface area (Å²) in [4.78, 5) is 27.8. The van der Waals surface area contributed by atoms with Crippen LogP contribution in [0.1, 0.15) is 24.5 Å². The first-order valence-electron chi connectivity index (χ1n) is 13.7. The van der Waals surface area contributed by atoms with Gasteiger partial charge in [0.1, 0.15) is 11.5 Å². The number of rotatable bonds is 3. The van der Waals surface area contributed by atoms with E-state index in [2.05, 4.69) is 5.32 Å². The minimum atomic E-state index is -3.72. The van der Waals surface area contributed by atoms with Crippen LogP contribution in [0.4, 0.5) is 0 Å². The molecule has 11 nitrogen and oxygen atoms in total. The van der Waals surface area contributed by atoms with Crippen molar-refractivity contribution in [2.24, 2.45) is 0 Å². The van der Waals surface area contributed by atoms with E-state index in [1.54, 1.807) is 0 Å². The first-order valence-corrected chi connectivity index (χ1v) is 15.1. The van der Waals surface area contributed by atoms with E-state index in [9.17, 15) is 18.0 Å². The maximum Gasteiger partial charge on any atom is 0.282 e. The van der Waals surface area contributed by atoms with Gasteiger partial charge in [-0.25, -0.2) is 0 Å². The second kappa shape index (κ2) is 12.6. The number of piperidine rings is 1. The van der Waals surface area contributed by atoms with E-state index in [-0.39, 0.29) is 44.5 Å². The van der Waals surface area contributed by atoms with E-state index < -0.39 is 22.4 Å². The molecular weight excluding hydrogens is 536 g/mol. The molecule has 2 saturated heterocycles. The highest BCUT2D eigenvalue weighted by Gasteiger charge is 2.39. The number of ether oxygens (including phenoxy) is 3. The quantitative estimate of drug-likeness (QED) is 0.593. The van der Waals surface area contributed by atoms with Gasteiger partial charge in [-0.05, 0) is 48.7 Å². The van der Waals surface area contributed by atoms with Crippen LogP contribution < -0.4 is 10.1 Å². The smallest absolute Gasteiger partial charge is 0.282 e. The molecule has 2 fully saturated rings. The van der Waals surface area contributed by atoms with Gasteiger partial charge in [0.05, 0.1) is 44.9 Å². The molecule has 3 aliphatic rings. The van der Waals surface area contributed by atoms with Crippen molar-refractivity contribution < 1.29 is 32.2 Å². The standard InChI is InChI=1S/C28H36N4O7S/c1-2-30-19-27(33)29-25-18-32(40(35,36)31-11-13-37-14-12-31)10-9-26(25)38-20-22-6-4-8-24(16-22)39-23-7-3-5-21(15-23)17-28(30)34/h3-8,15-16,25-26H,2,9-14,17-20H2,1H3,(H,29,33)/t25-,26-/m0/s1. The second-order valence-corrected chi connectivity index (χ2v) is 12.1. The molecular formula is C28H36N4O7S. The molecule has 3 heterocycles. The summed E-state index contributed by atoms with van der Waals surface area (Å²) in [5, 5.41) is 2.98. The van der Waals surface area contributed by atoms with Gasteiger partial charge in [-0.2, -0.15) is 17.0 Å². The molecule has 0 saturated carbocycles. The lowest BCUT2D eigenvalue weighted by atomic mass is 10.0. The molecule has 1 N–H and O–H groups in total. The molecule has 2 aromatic carbocycles. The van der Waals surface area contributed by atoms with Gasteiger partial charge in [-0.3, -0.25) is 9.59 Å². The second-order valence-electron chi connectivity index (χ2n) is 10.2. The predicted octanol–water partition coefficient (Wildman–Crippen LogP) is 1.54. The first-order chi connectivity index (χ1) is 19.3. The van der Waals surface area contributed by atoms with E-state index in [1.807, 2.05) is 55.5 Å². The third-order valence-corrected chi connectivity index (χ3v) is 9.40. The highest BCUT2D eigenvalue weighted by Crippen LogP contribution is 2.26. The molecule has 2 aromatic rings. The minimum Gasteiger partial charge on any atom is -0.457 e. The third kappa shape index (κ3) is 6.81. The van der Waals surface area contributed by atoms with Crippen LogP contribution in [0.5, 0.6) is 11.5 Å². The number of carbonyl (C=O) groups is 2. The molecule has 2 amide bonds. The van der Waals surface area contributed by atoms with Crippen LogP contribution in [0.3, 0.4) is 0 Å². The summed E-state index contributed by atoms with van der Waals surface area (Å²) in [5.74, 6) is 0.708. The number of nitrogens with zero attached hydrogens (tertiary/aromatic N) is 3. The lowest BCUT2D eigenvalue weighted by molar-refractivity contribution is -0.136. The van der Waals surface area contributed by atoms with Gasteiger partial charge < -0.3 is 24.4 Å². The summed E-state index contributed by atoms with van der Waals surface area (Å²) in [7, 11) is -3.72. The summed E-state index contributed by atoms with van der Waals surface area (Å²) in [6.45, 7) is 3.96. The summed E-state index contributed by atoms with van der Waals surface area (Å²) < 4.78 is 47.3. The monoisotopic (exact) mass is 572 g/mol. The van der Waals surface area contributed by atoms with E-state index >= 15 is 0 Å². The number of carbonyl (C=O) groups excluding carboxylic acids is 2. The van der Waals surface area contributed by atoms with E-state index in [0.29, 0.717) is 50.8 Å². The zero-order valence-electron chi connectivity index (χ0n) is 22.7. The lowest BCUT2D eigenvalue weighted by Gasteiger charge is -2.40. The molecule has 4 bridgehead atoms. The van der Waals surface area contributed by atoms with E-state index in [1.165, 1.54) is 13.5 Å². The topological polar surface area (TPSA) is 118 Å². The van der Waals surface area contributed by atoms with Gasteiger partial charge in [-0.1, -0.05) is 24.3 Å². The van der Waals surface area contributed by atoms with E-state index in [0.717, 1.165) is 11.1 Å². The van der Waals surface area contributed by atoms with Crippen LogP contribution in [0.15, 0.2) is 48.5 Å². The van der Waals surface area contributed by atoms with Gasteiger partial charge in [0.25, 0.3) is 10.2 Å². The molecule has 5 rings (SSSR count). The number of morpholine rings is 1. The Morgan fingerprint density at radius 1 is 0.950 bits per heavy atom. The van der Waals surface area contributed by atoms with Crippen molar-refractivity contribution in [1.29, 1.82) is 0 Å². The average molecular weight is 573 g/mol. The normalized spacial score (nSPS) is 24.0. The van der Waals surface area contributed by atoms with Crippen molar-refractivity contribution in [3.05, 3.63) is 59.7 Å². The number of hydrogen-bond donors (Lipinski definition) is 1. The summed E-state index contributed by atoms with van der Waals surface area (Å²) in [6.07, 6.45) is 0.118. The Morgan fingerprint density at radius 2 is 1.65 bits per heavy atom. The Hall–Kier alpha value is -3.03. The Labute approximate surface area is 235 Å². The molecule has 3 aliphatic heterocycles. The fourth-order valence-electron chi connectivity index (χ4n) is 5.23. The van der Waals surface area contributed by atoms with Crippen LogP contribution in [0.25, 0.3) is 0 Å². The Kier molecular flexibility index (Phi) is 9.01. The Balaban J connectivity index is 1.40. The van der Waals surface area contributed by atoms with Crippen LogP contribution in [-0.4, -0.2) is 98.4 Å². The van der Waals surface area contributed by atoms with Crippen molar-refractivity contribution in [2.45, 2.75) is 38.5 Å². The Morgan fingerprint density at radius 3 is 2.38 bits per heavy atom. The van der Waals surface area contributed by atoms with Crippen molar-refractivity contribution in [1.82, 2.24) is 18.8 Å². The van der Waals surface area contributed by atoms with Crippen LogP contribution in [0, 0.1) is 0 Å². The zero-order valence-corrected chi connectivity index (χ0v) is 23.5. The number of amides is 2. The summed E-state index contributed by atoms with van der Waals surface area (Å²) in [6, 6.07) is 14.3. The molecule has 40 heavy (non-hydrogen) atoms. The highest BCUT2D eigenvalue weighted by molar-refractivity contribution is 7.86. The van der Waals surface area contributed by atoms with Gasteiger partial charge in [0, 0.05) is 32.7 Å². The summed E-state index contributed by atoms with van der Waals surface area (Å²) in [5.41, 5.74) is 1.67. The predicted molar refractivity (Wildman–Crippen MR) is 147 cm³/mol. The SMILES string of the molecule is CCN1CC(=O)N[C@H]2CN(S(=O)(=O)N3CCOCC3)CC[C@@H]2OCc2cccc(c2)Oc2cccc(c2)CC1=O. The molecule has 12 heteroatoms. The molecule has 0 aromatic heterocycles. The number of fused-ring (bicyclic) bond motifs is 5. The number of nitrogens with one attached hydrogen (secondary N) is 1. The fourth-order valence-corrected chi connectivity index (χ4v) is 6.86. The van der Waals surface area contributed by atoms with E-state index in [4.69, 9.17) is 14.2 Å². The fraction of sp³-hybridized carbons (Fsp3) is 0.500. The van der Waals surface area contributed by atoms with Crippen molar-refractivity contribution in [2.75, 3.05) is 52.5 Å². The molecule has 0 aliphatic carbocycles. The van der Waals surface area contributed by atoms with Crippen molar-refractivity contribution in [3.63, 3.8) is 0 Å². The van der Waals surface area contributed by atoms with Gasteiger partial charge in [0.2, 0.25) is 11.8 Å². The highest BCUT2D eigenvalue weighted by atomic mass is 32.2. The number of likely N-dealkylation sites (N-methyl/N-ethyl adjacent to an activating group) is 1. The molecule has 216 valence electrons.